The SMILES string of the molecule is COC(=O)NCc1cnc(N2CCNCC2)nc1. The van der Waals surface area contributed by atoms with E-state index in [9.17, 15) is 4.79 Å². The minimum Gasteiger partial charge on any atom is -0.453 e. The van der Waals surface area contributed by atoms with Gasteiger partial charge in [0.2, 0.25) is 5.95 Å². The molecule has 7 heteroatoms. The van der Waals surface area contributed by atoms with Gasteiger partial charge in [0.15, 0.2) is 0 Å². The largest absolute Gasteiger partial charge is 0.453 e. The number of nitrogens with one attached hydrogen (secondary N) is 2. The lowest BCUT2D eigenvalue weighted by molar-refractivity contribution is 0.170. The molecule has 1 fully saturated rings. The third-order valence-electron chi connectivity index (χ3n) is 2.71. The molecule has 1 aromatic rings. The van der Waals surface area contributed by atoms with Crippen LogP contribution in [0.2, 0.25) is 0 Å². The molecule has 98 valence electrons. The van der Waals surface area contributed by atoms with Crippen LogP contribution in [0.25, 0.3) is 0 Å². The highest BCUT2D eigenvalue weighted by Crippen LogP contribution is 2.07. The number of alkyl carbamates (subject to hydrolysis) is 1. The van der Waals surface area contributed by atoms with Gasteiger partial charge in [0.05, 0.1) is 7.11 Å². The van der Waals surface area contributed by atoms with Gasteiger partial charge < -0.3 is 20.3 Å². The molecule has 1 aromatic heterocycles. The second-order valence-electron chi connectivity index (χ2n) is 3.97. The highest BCUT2D eigenvalue weighted by atomic mass is 16.5. The van der Waals surface area contributed by atoms with Gasteiger partial charge >= 0.3 is 6.09 Å². The summed E-state index contributed by atoms with van der Waals surface area (Å²) in [6, 6.07) is 0. The van der Waals surface area contributed by atoms with Crippen molar-refractivity contribution in [1.29, 1.82) is 0 Å². The van der Waals surface area contributed by atoms with Crippen molar-refractivity contribution < 1.29 is 9.53 Å². The number of piperazine rings is 1. The van der Waals surface area contributed by atoms with Crippen LogP contribution in [0.5, 0.6) is 0 Å². The number of carbonyl (C=O) groups excluding carboxylic acids is 1. The second-order valence-corrected chi connectivity index (χ2v) is 3.97. The van der Waals surface area contributed by atoms with Gasteiger partial charge in [-0.1, -0.05) is 0 Å². The molecule has 2 N–H and O–H groups in total. The highest BCUT2D eigenvalue weighted by molar-refractivity contribution is 5.66. The first-order valence-electron chi connectivity index (χ1n) is 5.88. The van der Waals surface area contributed by atoms with E-state index in [1.807, 2.05) is 0 Å². The molecular weight excluding hydrogens is 234 g/mol. The van der Waals surface area contributed by atoms with E-state index in [0.717, 1.165) is 37.7 Å². The Hall–Kier alpha value is -1.89. The number of aromatic nitrogens is 2. The van der Waals surface area contributed by atoms with Crippen molar-refractivity contribution >= 4 is 12.0 Å². The predicted octanol–water partition coefficient (Wildman–Crippen LogP) is -0.258. The summed E-state index contributed by atoms with van der Waals surface area (Å²) in [5.41, 5.74) is 0.847. The van der Waals surface area contributed by atoms with Crippen molar-refractivity contribution in [2.75, 3.05) is 38.2 Å². The zero-order chi connectivity index (χ0) is 12.8. The van der Waals surface area contributed by atoms with Crippen LogP contribution < -0.4 is 15.5 Å². The molecule has 1 amide bonds. The Kier molecular flexibility index (Phi) is 4.30. The number of methoxy groups -OCH3 is 1. The molecule has 2 rings (SSSR count). The van der Waals surface area contributed by atoms with Gasteiger partial charge in [-0.2, -0.15) is 0 Å². The van der Waals surface area contributed by atoms with Crippen LogP contribution in [0.1, 0.15) is 5.56 Å². The highest BCUT2D eigenvalue weighted by Gasteiger charge is 2.12. The average Bonchev–Trinajstić information content (AvgIpc) is 2.46. The fraction of sp³-hybridized carbons (Fsp3) is 0.545. The fourth-order valence-electron chi connectivity index (χ4n) is 1.71. The Morgan fingerprint density at radius 2 is 2.11 bits per heavy atom. The van der Waals surface area contributed by atoms with Gasteiger partial charge in [-0.15, -0.1) is 0 Å². The molecule has 0 aliphatic carbocycles. The minimum absolute atomic E-state index is 0.370. The second kappa shape index (κ2) is 6.15. The number of ether oxygens (including phenoxy) is 1. The molecule has 0 bridgehead atoms. The Balaban J connectivity index is 1.90. The van der Waals surface area contributed by atoms with Crippen LogP contribution in [-0.4, -0.2) is 49.4 Å². The molecule has 0 saturated carbocycles. The van der Waals surface area contributed by atoms with Gasteiger partial charge in [-0.05, 0) is 0 Å². The van der Waals surface area contributed by atoms with E-state index in [1.54, 1.807) is 12.4 Å². The first-order chi connectivity index (χ1) is 8.79. The van der Waals surface area contributed by atoms with Gasteiger partial charge in [0, 0.05) is 50.7 Å². The molecule has 7 nitrogen and oxygen atoms in total. The van der Waals surface area contributed by atoms with Crippen LogP contribution in [0.15, 0.2) is 12.4 Å². The summed E-state index contributed by atoms with van der Waals surface area (Å²) in [6.07, 6.45) is 2.99. The lowest BCUT2D eigenvalue weighted by Gasteiger charge is -2.27. The third-order valence-corrected chi connectivity index (χ3v) is 2.71. The summed E-state index contributed by atoms with van der Waals surface area (Å²) in [7, 11) is 1.33. The molecule has 1 aliphatic rings. The molecule has 0 radical (unpaired) electrons. The van der Waals surface area contributed by atoms with Crippen molar-refractivity contribution in [2.24, 2.45) is 0 Å². The summed E-state index contributed by atoms with van der Waals surface area (Å²) in [6.45, 7) is 4.11. The number of rotatable bonds is 3. The first kappa shape index (κ1) is 12.6. The zero-order valence-corrected chi connectivity index (χ0v) is 10.3. The van der Waals surface area contributed by atoms with E-state index in [-0.39, 0.29) is 0 Å². The van der Waals surface area contributed by atoms with Crippen molar-refractivity contribution in [3.8, 4) is 0 Å². The summed E-state index contributed by atoms with van der Waals surface area (Å²) in [5.74, 6) is 0.735. The van der Waals surface area contributed by atoms with Crippen LogP contribution in [0.4, 0.5) is 10.7 Å². The number of nitrogens with zero attached hydrogens (tertiary/aromatic N) is 3. The Morgan fingerprint density at radius 1 is 1.44 bits per heavy atom. The number of carbonyl (C=O) groups is 1. The molecular formula is C11H17N5O2. The Bertz CT molecular complexity index is 389. The van der Waals surface area contributed by atoms with E-state index < -0.39 is 6.09 Å². The van der Waals surface area contributed by atoms with Gasteiger partial charge in [-0.3, -0.25) is 0 Å². The van der Waals surface area contributed by atoms with Crippen molar-refractivity contribution in [3.63, 3.8) is 0 Å². The normalized spacial score (nSPS) is 15.3. The van der Waals surface area contributed by atoms with Gasteiger partial charge in [0.1, 0.15) is 0 Å². The summed E-state index contributed by atoms with van der Waals surface area (Å²) < 4.78 is 4.48. The minimum atomic E-state index is -0.457. The molecule has 0 aromatic carbocycles. The Morgan fingerprint density at radius 3 is 2.72 bits per heavy atom. The lowest BCUT2D eigenvalue weighted by atomic mass is 10.3. The van der Waals surface area contributed by atoms with Gasteiger partial charge in [-0.25, -0.2) is 14.8 Å². The smallest absolute Gasteiger partial charge is 0.407 e. The van der Waals surface area contributed by atoms with Crippen LogP contribution in [0.3, 0.4) is 0 Å². The first-order valence-corrected chi connectivity index (χ1v) is 5.88. The molecule has 0 unspecified atom stereocenters. The fourth-order valence-corrected chi connectivity index (χ4v) is 1.71. The molecule has 18 heavy (non-hydrogen) atoms. The molecule has 1 aliphatic heterocycles. The zero-order valence-electron chi connectivity index (χ0n) is 10.3. The van der Waals surface area contributed by atoms with E-state index in [0.29, 0.717) is 6.54 Å². The maximum absolute atomic E-state index is 10.9. The Labute approximate surface area is 106 Å². The summed E-state index contributed by atoms with van der Waals surface area (Å²) in [4.78, 5) is 21.6. The van der Waals surface area contributed by atoms with E-state index in [4.69, 9.17) is 0 Å². The van der Waals surface area contributed by atoms with Crippen LogP contribution in [0, 0.1) is 0 Å². The van der Waals surface area contributed by atoms with E-state index in [1.165, 1.54) is 7.11 Å². The third kappa shape index (κ3) is 3.30. The quantitative estimate of drug-likeness (QED) is 0.770. The van der Waals surface area contributed by atoms with Crippen molar-refractivity contribution in [2.45, 2.75) is 6.54 Å². The average molecular weight is 251 g/mol. The monoisotopic (exact) mass is 251 g/mol. The van der Waals surface area contributed by atoms with Crippen LogP contribution >= 0.6 is 0 Å². The predicted molar refractivity (Wildman–Crippen MR) is 66.4 cm³/mol. The standard InChI is InChI=1S/C11H17N5O2/c1-18-11(17)15-8-9-6-13-10(14-7-9)16-4-2-12-3-5-16/h6-7,12H,2-5,8H2,1H3,(H,15,17). The molecule has 0 atom stereocenters. The van der Waals surface area contributed by atoms with E-state index in [2.05, 4.69) is 30.2 Å². The topological polar surface area (TPSA) is 79.4 Å². The number of hydrogen-bond donors (Lipinski definition) is 2. The summed E-state index contributed by atoms with van der Waals surface area (Å²) in [5, 5.41) is 5.86. The van der Waals surface area contributed by atoms with Crippen LogP contribution in [-0.2, 0) is 11.3 Å². The molecule has 2 heterocycles. The van der Waals surface area contributed by atoms with Crippen molar-refractivity contribution in [1.82, 2.24) is 20.6 Å². The lowest BCUT2D eigenvalue weighted by Crippen LogP contribution is -2.44. The maximum atomic E-state index is 10.9. The van der Waals surface area contributed by atoms with Crippen molar-refractivity contribution in [3.05, 3.63) is 18.0 Å². The van der Waals surface area contributed by atoms with Gasteiger partial charge in [0.25, 0.3) is 0 Å². The maximum Gasteiger partial charge on any atom is 0.407 e. The molecule has 0 spiro atoms. The molecule has 1 saturated heterocycles. The van der Waals surface area contributed by atoms with E-state index >= 15 is 0 Å². The number of hydrogen-bond acceptors (Lipinski definition) is 6. The number of anilines is 1. The number of amides is 1. The summed E-state index contributed by atoms with van der Waals surface area (Å²) >= 11 is 0.